The molecule has 0 aromatic heterocycles. The number of hydrogen-bond acceptors (Lipinski definition) is 6. The molecule has 1 heterocycles. The number of phosphoric acid groups is 1. The van der Waals surface area contributed by atoms with Gasteiger partial charge in [0.2, 0.25) is 0 Å². The number of phosphoric ester groups is 1. The third-order valence-corrected chi connectivity index (χ3v) is 10.2. The number of Topliss-reactive ketones (excluding diaryl/α,β-unsaturated/α-hetero) is 2. The summed E-state index contributed by atoms with van der Waals surface area (Å²) in [7, 11) is -4.90. The normalized spacial score (nSPS) is 51.8. The van der Waals surface area contributed by atoms with Crippen LogP contribution in [0.1, 0.15) is 52.9 Å². The third-order valence-electron chi connectivity index (χ3n) is 9.76. The first-order chi connectivity index (χ1) is 14.7. The van der Waals surface area contributed by atoms with Gasteiger partial charge in [0.15, 0.2) is 17.2 Å². The van der Waals surface area contributed by atoms with Gasteiger partial charge in [0.25, 0.3) is 0 Å². The lowest BCUT2D eigenvalue weighted by Crippen LogP contribution is -2.68. The molecule has 0 aromatic rings. The van der Waals surface area contributed by atoms with E-state index < -0.39 is 66.4 Å². The number of allylic oxidation sites excluding steroid dienone is 1. The summed E-state index contributed by atoms with van der Waals surface area (Å²) in [5.41, 5.74) is -4.93. The van der Waals surface area contributed by atoms with Gasteiger partial charge in [-0.1, -0.05) is 25.5 Å². The van der Waals surface area contributed by atoms with E-state index in [4.69, 9.17) is 14.5 Å². The van der Waals surface area contributed by atoms with Gasteiger partial charge in [-0.3, -0.25) is 14.1 Å². The second kappa shape index (κ2) is 6.58. The van der Waals surface area contributed by atoms with Crippen molar-refractivity contribution in [2.45, 2.75) is 76.4 Å². The van der Waals surface area contributed by atoms with E-state index in [1.54, 1.807) is 20.8 Å². The Labute approximate surface area is 185 Å². The van der Waals surface area contributed by atoms with Crippen LogP contribution in [0.25, 0.3) is 0 Å². The Morgan fingerprint density at radius 2 is 2.03 bits per heavy atom. The van der Waals surface area contributed by atoms with Crippen LogP contribution in [0.3, 0.4) is 0 Å². The third kappa shape index (κ3) is 2.48. The summed E-state index contributed by atoms with van der Waals surface area (Å²) >= 11 is 0. The quantitative estimate of drug-likeness (QED) is 0.420. The lowest BCUT2D eigenvalue weighted by atomic mass is 9.44. The number of carbonyl (C=O) groups excluding carboxylic acids is 2. The van der Waals surface area contributed by atoms with Gasteiger partial charge in [-0.05, 0) is 44.4 Å². The molecule has 178 valence electrons. The van der Waals surface area contributed by atoms with E-state index in [1.807, 2.05) is 6.08 Å². The van der Waals surface area contributed by atoms with E-state index in [0.29, 0.717) is 19.3 Å². The number of fused-ring (bicyclic) bond motifs is 2. The molecule has 0 spiro atoms. The highest BCUT2D eigenvalue weighted by atomic mass is 31.2. The molecule has 3 unspecified atom stereocenters. The summed E-state index contributed by atoms with van der Waals surface area (Å²) in [6.45, 7) is 4.31. The molecule has 3 N–H and O–H groups in total. The molecule has 1 saturated heterocycles. The molecule has 5 aliphatic rings. The summed E-state index contributed by atoms with van der Waals surface area (Å²) in [5, 5.41) is 11.7. The lowest BCUT2D eigenvalue weighted by molar-refractivity contribution is -0.196. The fraction of sp³-hybridized carbons (Fsp3) is 0.818. The molecule has 5 rings (SSSR count). The van der Waals surface area contributed by atoms with Gasteiger partial charge >= 0.3 is 7.82 Å². The predicted octanol–water partition coefficient (Wildman–Crippen LogP) is 2.25. The Kier molecular flexibility index (Phi) is 4.69. The monoisotopic (exact) mass is 472 g/mol. The second-order valence-electron chi connectivity index (χ2n) is 10.8. The van der Waals surface area contributed by atoms with Crippen LogP contribution in [0.5, 0.6) is 0 Å². The highest BCUT2D eigenvalue weighted by Gasteiger charge is 2.80. The van der Waals surface area contributed by atoms with Crippen molar-refractivity contribution in [1.29, 1.82) is 0 Å². The van der Waals surface area contributed by atoms with Gasteiger partial charge < -0.3 is 19.6 Å². The van der Waals surface area contributed by atoms with Crippen LogP contribution >= 0.6 is 7.82 Å². The van der Waals surface area contributed by atoms with E-state index in [2.05, 4.69) is 4.52 Å². The molecular weight excluding hydrogens is 442 g/mol. The number of ether oxygens (including phenoxy) is 1. The summed E-state index contributed by atoms with van der Waals surface area (Å²) in [6, 6.07) is 0. The second-order valence-corrected chi connectivity index (χ2v) is 12.1. The molecule has 0 radical (unpaired) electrons. The fourth-order valence-corrected chi connectivity index (χ4v) is 8.58. The summed E-state index contributed by atoms with van der Waals surface area (Å²) in [6.07, 6.45) is 1.86. The van der Waals surface area contributed by atoms with Gasteiger partial charge in [-0.2, -0.15) is 0 Å². The molecular formula is C22H30FO8P. The average Bonchev–Trinajstić information content (AvgIpc) is 3.05. The van der Waals surface area contributed by atoms with Crippen molar-refractivity contribution in [3.63, 3.8) is 0 Å². The Morgan fingerprint density at radius 1 is 1.34 bits per heavy atom. The SMILES string of the molecule is C[C@@H]1CC2C3CCC4=CCC(=O)[C@H]5O[C@@H](C[C@]2(C)C1(O)C(=O)COP(=O)(O)O)[C@]3(F)[C@@]45C. The summed E-state index contributed by atoms with van der Waals surface area (Å²) in [5.74, 6) is -2.37. The van der Waals surface area contributed by atoms with Crippen molar-refractivity contribution in [2.75, 3.05) is 6.61 Å². The van der Waals surface area contributed by atoms with Crippen molar-refractivity contribution in [3.05, 3.63) is 11.6 Å². The predicted molar refractivity (Wildman–Crippen MR) is 109 cm³/mol. The van der Waals surface area contributed by atoms with Crippen molar-refractivity contribution in [2.24, 2.45) is 28.6 Å². The zero-order chi connectivity index (χ0) is 23.5. The minimum atomic E-state index is -4.90. The van der Waals surface area contributed by atoms with Crippen LogP contribution in [-0.2, 0) is 23.4 Å². The van der Waals surface area contributed by atoms with Crippen LogP contribution in [-0.4, -0.2) is 56.5 Å². The van der Waals surface area contributed by atoms with Crippen molar-refractivity contribution in [1.82, 2.24) is 0 Å². The Balaban J connectivity index is 1.57. The number of halogens is 1. The van der Waals surface area contributed by atoms with Crippen LogP contribution in [0.15, 0.2) is 11.6 Å². The number of hydrogen-bond donors (Lipinski definition) is 3. The molecule has 0 bridgehead atoms. The molecule has 10 heteroatoms. The van der Waals surface area contributed by atoms with Crippen LogP contribution in [0.4, 0.5) is 4.39 Å². The number of rotatable bonds is 4. The molecule has 8 nitrogen and oxygen atoms in total. The van der Waals surface area contributed by atoms with Crippen molar-refractivity contribution < 1.29 is 42.7 Å². The average molecular weight is 472 g/mol. The number of ketones is 2. The maximum Gasteiger partial charge on any atom is 0.470 e. The van der Waals surface area contributed by atoms with E-state index >= 15 is 4.39 Å². The smallest absolute Gasteiger partial charge is 0.381 e. The molecule has 1 aliphatic heterocycles. The number of alkyl halides is 1. The first kappa shape index (κ1) is 22.8. The molecule has 3 saturated carbocycles. The minimum Gasteiger partial charge on any atom is -0.381 e. The minimum absolute atomic E-state index is 0.0415. The van der Waals surface area contributed by atoms with Crippen LogP contribution in [0, 0.1) is 28.6 Å². The highest BCUT2D eigenvalue weighted by Crippen LogP contribution is 2.74. The fourth-order valence-electron chi connectivity index (χ4n) is 8.29. The number of aliphatic hydroxyl groups is 1. The lowest BCUT2D eigenvalue weighted by Gasteiger charge is -2.60. The summed E-state index contributed by atoms with van der Waals surface area (Å²) in [4.78, 5) is 43.9. The largest absolute Gasteiger partial charge is 0.470 e. The maximum atomic E-state index is 17.2. The van der Waals surface area contributed by atoms with Crippen molar-refractivity contribution in [3.8, 4) is 0 Å². The van der Waals surface area contributed by atoms with Gasteiger partial charge in [-0.15, -0.1) is 0 Å². The van der Waals surface area contributed by atoms with Gasteiger partial charge in [0.1, 0.15) is 18.3 Å². The molecule has 4 aliphatic carbocycles. The topological polar surface area (TPSA) is 130 Å². The summed E-state index contributed by atoms with van der Waals surface area (Å²) < 4.78 is 38.9. The zero-order valence-corrected chi connectivity index (χ0v) is 19.3. The molecule has 32 heavy (non-hydrogen) atoms. The first-order valence-electron chi connectivity index (χ1n) is 11.2. The molecule has 0 amide bonds. The van der Waals surface area contributed by atoms with Gasteiger partial charge in [0, 0.05) is 17.8 Å². The number of carbonyl (C=O) groups is 2. The molecule has 9 atom stereocenters. The molecule has 0 aromatic carbocycles. The van der Waals surface area contributed by atoms with Crippen LogP contribution < -0.4 is 0 Å². The Bertz CT molecular complexity index is 977. The van der Waals surface area contributed by atoms with E-state index in [-0.39, 0.29) is 24.5 Å². The Hall–Kier alpha value is -0.960. The first-order valence-corrected chi connectivity index (χ1v) is 12.8. The van der Waals surface area contributed by atoms with Gasteiger partial charge in [0.05, 0.1) is 11.5 Å². The van der Waals surface area contributed by atoms with E-state index in [1.165, 1.54) is 0 Å². The zero-order valence-electron chi connectivity index (χ0n) is 18.4. The molecule has 4 fully saturated rings. The van der Waals surface area contributed by atoms with Gasteiger partial charge in [-0.25, -0.2) is 8.96 Å². The highest BCUT2D eigenvalue weighted by molar-refractivity contribution is 7.46. The Morgan fingerprint density at radius 3 is 2.69 bits per heavy atom. The maximum absolute atomic E-state index is 17.2. The standard InChI is InChI=1S/C22H30FO8P/c1-11-8-14-13-6-4-12-5-7-15(24)18-20(12,3)21(13,23)17(31-18)9-19(14,2)22(11,26)16(25)10-30-32(27,28)29/h5,11,13-14,17-18,26H,4,6-10H2,1-3H3,(H2,27,28,29)/t11-,13?,14?,17+,18-,19+,20+,21+,22?/m1/s1. The van der Waals surface area contributed by atoms with E-state index in [0.717, 1.165) is 5.57 Å². The van der Waals surface area contributed by atoms with Crippen molar-refractivity contribution >= 4 is 19.4 Å². The van der Waals surface area contributed by atoms with E-state index in [9.17, 15) is 19.3 Å². The van der Waals surface area contributed by atoms with Crippen LogP contribution in [0.2, 0.25) is 0 Å².